The Morgan fingerprint density at radius 2 is 0.935 bits per heavy atom. The molecule has 31 heavy (non-hydrogen) atoms. The van der Waals surface area contributed by atoms with Crippen LogP contribution in [0.15, 0.2) is 101 Å². The summed E-state index contributed by atoms with van der Waals surface area (Å²) >= 11 is 0. The Kier molecular flexibility index (Phi) is 4.69. The SMILES string of the molecule is O=C(Oc1cccc2c1oc1c(OC(=O)c3ccccc3)cccc12)c1ccccc1. The average Bonchev–Trinajstić information content (AvgIpc) is 3.21. The van der Waals surface area contributed by atoms with Crippen LogP contribution in [0, 0.1) is 0 Å². The van der Waals surface area contributed by atoms with Gasteiger partial charge in [-0.1, -0.05) is 60.7 Å². The van der Waals surface area contributed by atoms with E-state index in [9.17, 15) is 9.59 Å². The third kappa shape index (κ3) is 3.53. The van der Waals surface area contributed by atoms with Crippen molar-refractivity contribution in [2.75, 3.05) is 0 Å². The fraction of sp³-hybridized carbons (Fsp3) is 0. The number of hydrogen-bond donors (Lipinski definition) is 0. The van der Waals surface area contributed by atoms with Crippen molar-refractivity contribution in [2.24, 2.45) is 0 Å². The largest absolute Gasteiger partial charge is 0.448 e. The minimum absolute atomic E-state index is 0.294. The van der Waals surface area contributed by atoms with Crippen LogP contribution in [-0.2, 0) is 0 Å². The zero-order chi connectivity index (χ0) is 21.2. The molecule has 0 aliphatic heterocycles. The average molecular weight is 408 g/mol. The number of carbonyl (C=O) groups excluding carboxylic acids is 2. The molecule has 0 saturated carbocycles. The van der Waals surface area contributed by atoms with Gasteiger partial charge in [-0.3, -0.25) is 0 Å². The molecule has 0 unspecified atom stereocenters. The first-order chi connectivity index (χ1) is 15.2. The molecule has 0 amide bonds. The highest BCUT2D eigenvalue weighted by molar-refractivity contribution is 6.09. The molecule has 5 nitrogen and oxygen atoms in total. The maximum Gasteiger partial charge on any atom is 0.343 e. The van der Waals surface area contributed by atoms with Gasteiger partial charge in [0.2, 0.25) is 0 Å². The van der Waals surface area contributed by atoms with E-state index in [1.807, 2.05) is 24.3 Å². The minimum Gasteiger partial charge on any atom is -0.448 e. The highest BCUT2D eigenvalue weighted by Gasteiger charge is 2.19. The van der Waals surface area contributed by atoms with Gasteiger partial charge in [0.1, 0.15) is 0 Å². The lowest BCUT2D eigenvalue weighted by molar-refractivity contribution is 0.0728. The van der Waals surface area contributed by atoms with E-state index in [1.54, 1.807) is 72.8 Å². The third-order valence-electron chi connectivity index (χ3n) is 4.88. The summed E-state index contributed by atoms with van der Waals surface area (Å²) < 4.78 is 17.2. The van der Waals surface area contributed by atoms with Gasteiger partial charge in [0.05, 0.1) is 11.1 Å². The van der Waals surface area contributed by atoms with Crippen LogP contribution in [0.4, 0.5) is 0 Å². The van der Waals surface area contributed by atoms with Crippen molar-refractivity contribution in [2.45, 2.75) is 0 Å². The van der Waals surface area contributed by atoms with Crippen LogP contribution < -0.4 is 9.47 Å². The van der Waals surface area contributed by atoms with Crippen molar-refractivity contribution in [3.63, 3.8) is 0 Å². The Balaban J connectivity index is 1.54. The molecule has 0 atom stereocenters. The van der Waals surface area contributed by atoms with Crippen molar-refractivity contribution in [1.29, 1.82) is 0 Å². The van der Waals surface area contributed by atoms with Crippen LogP contribution in [-0.4, -0.2) is 11.9 Å². The molecule has 0 fully saturated rings. The lowest BCUT2D eigenvalue weighted by atomic mass is 10.1. The molecule has 5 aromatic rings. The first-order valence-electron chi connectivity index (χ1n) is 9.69. The van der Waals surface area contributed by atoms with E-state index in [4.69, 9.17) is 13.9 Å². The van der Waals surface area contributed by atoms with Crippen LogP contribution in [0.2, 0.25) is 0 Å². The van der Waals surface area contributed by atoms with E-state index in [-0.39, 0.29) is 0 Å². The third-order valence-corrected chi connectivity index (χ3v) is 4.88. The Morgan fingerprint density at radius 1 is 0.516 bits per heavy atom. The van der Waals surface area contributed by atoms with E-state index >= 15 is 0 Å². The first kappa shape index (κ1) is 18.6. The van der Waals surface area contributed by atoms with Crippen molar-refractivity contribution in [1.82, 2.24) is 0 Å². The Bertz CT molecular complexity index is 1290. The molecule has 4 aromatic carbocycles. The number of hydrogen-bond acceptors (Lipinski definition) is 5. The quantitative estimate of drug-likeness (QED) is 0.269. The lowest BCUT2D eigenvalue weighted by Gasteiger charge is -2.05. The molecule has 0 bridgehead atoms. The standard InChI is InChI=1S/C26H16O5/c27-25(17-9-3-1-4-10-17)29-21-15-7-13-19-20-14-8-16-22(24(20)31-23(19)21)30-26(28)18-11-5-2-6-12-18/h1-16H. The number of benzene rings is 4. The van der Waals surface area contributed by atoms with Gasteiger partial charge in [0.25, 0.3) is 0 Å². The predicted molar refractivity (Wildman–Crippen MR) is 117 cm³/mol. The van der Waals surface area contributed by atoms with Crippen molar-refractivity contribution >= 4 is 33.9 Å². The fourth-order valence-corrected chi connectivity index (χ4v) is 3.40. The zero-order valence-corrected chi connectivity index (χ0v) is 16.3. The topological polar surface area (TPSA) is 65.7 Å². The number of rotatable bonds is 4. The monoisotopic (exact) mass is 408 g/mol. The summed E-state index contributed by atoms with van der Waals surface area (Å²) in [6, 6.07) is 28.1. The van der Waals surface area contributed by atoms with Gasteiger partial charge in [-0.05, 0) is 36.4 Å². The second-order valence-corrected chi connectivity index (χ2v) is 6.88. The maximum absolute atomic E-state index is 12.5. The van der Waals surface area contributed by atoms with Gasteiger partial charge in [-0.2, -0.15) is 0 Å². The predicted octanol–water partition coefficient (Wildman–Crippen LogP) is 6.02. The maximum atomic E-state index is 12.5. The van der Waals surface area contributed by atoms with Crippen molar-refractivity contribution in [3.8, 4) is 11.5 Å². The summed E-state index contributed by atoms with van der Waals surface area (Å²) in [5.41, 5.74) is 1.69. The van der Waals surface area contributed by atoms with Crippen LogP contribution in [0.5, 0.6) is 11.5 Å². The lowest BCUT2D eigenvalue weighted by Crippen LogP contribution is -2.08. The molecule has 0 spiro atoms. The molecular weight excluding hydrogens is 392 g/mol. The van der Waals surface area contributed by atoms with Crippen molar-refractivity contribution < 1.29 is 23.5 Å². The van der Waals surface area contributed by atoms with Crippen LogP contribution >= 0.6 is 0 Å². The normalized spacial score (nSPS) is 10.8. The molecule has 0 saturated heterocycles. The molecule has 0 aliphatic rings. The first-order valence-corrected chi connectivity index (χ1v) is 9.69. The van der Waals surface area contributed by atoms with Crippen LogP contribution in [0.1, 0.15) is 20.7 Å². The fourth-order valence-electron chi connectivity index (χ4n) is 3.40. The zero-order valence-electron chi connectivity index (χ0n) is 16.3. The summed E-state index contributed by atoms with van der Waals surface area (Å²) in [5, 5.41) is 1.51. The van der Waals surface area contributed by atoms with Gasteiger partial charge >= 0.3 is 11.9 Å². The van der Waals surface area contributed by atoms with Gasteiger partial charge in [0, 0.05) is 10.8 Å². The van der Waals surface area contributed by atoms with Crippen molar-refractivity contribution in [3.05, 3.63) is 108 Å². The molecule has 0 radical (unpaired) electrons. The Labute approximate surface area is 177 Å². The molecule has 1 aromatic heterocycles. The number of esters is 2. The van der Waals surface area contributed by atoms with Crippen LogP contribution in [0.25, 0.3) is 21.9 Å². The summed E-state index contributed by atoms with van der Waals surface area (Å²) in [7, 11) is 0. The summed E-state index contributed by atoms with van der Waals surface area (Å²) in [5.74, 6) is -0.376. The molecule has 0 N–H and O–H groups in total. The molecule has 5 rings (SSSR count). The highest BCUT2D eigenvalue weighted by Crippen LogP contribution is 2.39. The van der Waals surface area contributed by atoms with Crippen LogP contribution in [0.3, 0.4) is 0 Å². The number of para-hydroxylation sites is 2. The molecule has 150 valence electrons. The van der Waals surface area contributed by atoms with E-state index in [0.29, 0.717) is 33.8 Å². The second-order valence-electron chi connectivity index (χ2n) is 6.88. The van der Waals surface area contributed by atoms with Gasteiger partial charge in [-0.25, -0.2) is 9.59 Å². The summed E-state index contributed by atoms with van der Waals surface area (Å²) in [6.07, 6.45) is 0. The van der Waals surface area contributed by atoms with Gasteiger partial charge < -0.3 is 13.9 Å². The molecule has 0 aliphatic carbocycles. The van der Waals surface area contributed by atoms with E-state index in [1.165, 1.54) is 0 Å². The van der Waals surface area contributed by atoms with E-state index in [0.717, 1.165) is 10.8 Å². The minimum atomic E-state index is -0.482. The van der Waals surface area contributed by atoms with Gasteiger partial charge in [-0.15, -0.1) is 0 Å². The number of carbonyl (C=O) groups is 2. The molecule has 1 heterocycles. The second kappa shape index (κ2) is 7.80. The van der Waals surface area contributed by atoms with E-state index in [2.05, 4.69) is 0 Å². The molecular formula is C26H16O5. The summed E-state index contributed by atoms with van der Waals surface area (Å²) in [6.45, 7) is 0. The Hall–Kier alpha value is -4.38. The highest BCUT2D eigenvalue weighted by atomic mass is 16.5. The van der Waals surface area contributed by atoms with Gasteiger partial charge in [0.15, 0.2) is 22.7 Å². The number of furan rings is 1. The summed E-state index contributed by atoms with van der Waals surface area (Å²) in [4.78, 5) is 25.0. The smallest absolute Gasteiger partial charge is 0.343 e. The number of ether oxygens (including phenoxy) is 2. The number of fused-ring (bicyclic) bond motifs is 3. The van der Waals surface area contributed by atoms with E-state index < -0.39 is 11.9 Å². The Morgan fingerprint density at radius 3 is 1.35 bits per heavy atom. The molecule has 5 heteroatoms.